The number of hydrogen-bond acceptors (Lipinski definition) is 2. The van der Waals surface area contributed by atoms with Crippen molar-refractivity contribution in [2.75, 3.05) is 5.75 Å². The summed E-state index contributed by atoms with van der Waals surface area (Å²) in [6, 6.07) is 0. The van der Waals surface area contributed by atoms with Crippen LogP contribution < -0.4 is 0 Å². The molecule has 0 aliphatic heterocycles. The Morgan fingerprint density at radius 1 is 0.800 bits per heavy atom. The lowest BCUT2D eigenvalue weighted by molar-refractivity contribution is -0.111. The van der Waals surface area contributed by atoms with E-state index in [1.807, 2.05) is 0 Å². The molecule has 0 radical (unpaired) electrons. The molecule has 148 valence electrons. The quantitative estimate of drug-likeness (QED) is 0.201. The second-order valence-electron chi connectivity index (χ2n) is 8.54. The molecule has 0 unspecified atom stereocenters. The van der Waals surface area contributed by atoms with E-state index >= 15 is 0 Å². The highest BCUT2D eigenvalue weighted by atomic mass is 32.2. The summed E-state index contributed by atoms with van der Waals surface area (Å²) in [5.41, 5.74) is 0.467. The molecular weight excluding hydrogens is 324 g/mol. The summed E-state index contributed by atoms with van der Waals surface area (Å²) in [5.74, 6) is 0.861. The highest BCUT2D eigenvalue weighted by Crippen LogP contribution is 2.22. The fourth-order valence-corrected chi connectivity index (χ4v) is 3.60. The van der Waals surface area contributed by atoms with Crippen molar-refractivity contribution in [2.45, 2.75) is 118 Å². The zero-order chi connectivity index (χ0) is 18.8. The number of carbonyl (C=O) groups excluding carboxylic acids is 1. The lowest BCUT2D eigenvalue weighted by Gasteiger charge is -2.17. The largest absolute Gasteiger partial charge is 0.287 e. The second kappa shape index (κ2) is 17.2. The summed E-state index contributed by atoms with van der Waals surface area (Å²) in [7, 11) is 0. The maximum atomic E-state index is 11.8. The van der Waals surface area contributed by atoms with Crippen LogP contribution in [-0.4, -0.2) is 10.9 Å². The molecule has 0 N–H and O–H groups in total. The highest BCUT2D eigenvalue weighted by Gasteiger charge is 2.08. The van der Waals surface area contributed by atoms with E-state index in [4.69, 9.17) is 0 Å². The lowest BCUT2D eigenvalue weighted by Crippen LogP contribution is -2.03. The molecule has 0 saturated heterocycles. The van der Waals surface area contributed by atoms with Crippen molar-refractivity contribution >= 4 is 16.9 Å². The zero-order valence-electron chi connectivity index (χ0n) is 17.6. The Bertz CT molecular complexity index is 327. The molecule has 1 nitrogen and oxygen atoms in total. The van der Waals surface area contributed by atoms with Gasteiger partial charge in [0.25, 0.3) is 0 Å². The number of thioether (sulfide) groups is 1. The number of carbonyl (C=O) groups is 1. The monoisotopic (exact) mass is 368 g/mol. The van der Waals surface area contributed by atoms with Crippen molar-refractivity contribution in [2.24, 2.45) is 5.41 Å². The molecule has 0 aromatic rings. The minimum atomic E-state index is 0.374. The molecule has 2 heteroatoms. The molecule has 0 bridgehead atoms. The zero-order valence-corrected chi connectivity index (χ0v) is 18.4. The number of unbranched alkanes of at least 4 members (excludes halogenated alkanes) is 10. The van der Waals surface area contributed by atoms with E-state index in [9.17, 15) is 4.79 Å². The van der Waals surface area contributed by atoms with Crippen LogP contribution in [0.1, 0.15) is 118 Å². The Labute approximate surface area is 162 Å². The van der Waals surface area contributed by atoms with Crippen LogP contribution in [0.3, 0.4) is 0 Å². The molecular formula is C23H44OS. The Balaban J connectivity index is 3.31. The first kappa shape index (κ1) is 24.8. The molecule has 0 aliphatic carbocycles. The van der Waals surface area contributed by atoms with Crippen molar-refractivity contribution in [3.05, 3.63) is 12.2 Å². The van der Waals surface area contributed by atoms with Crippen LogP contribution >= 0.6 is 11.8 Å². The SMILES string of the molecule is CCCCCCCC/C=C\CSC(=O)CCCCCCCC(C)(C)C. The summed E-state index contributed by atoms with van der Waals surface area (Å²) in [6.07, 6.45) is 22.0. The van der Waals surface area contributed by atoms with Crippen LogP contribution in [0.2, 0.25) is 0 Å². The molecule has 25 heavy (non-hydrogen) atoms. The van der Waals surface area contributed by atoms with E-state index in [1.54, 1.807) is 0 Å². The van der Waals surface area contributed by atoms with Crippen LogP contribution in [0.25, 0.3) is 0 Å². The molecule has 0 spiro atoms. The van der Waals surface area contributed by atoms with Crippen molar-refractivity contribution in [1.82, 2.24) is 0 Å². The van der Waals surface area contributed by atoms with Gasteiger partial charge in [0, 0.05) is 12.2 Å². The Morgan fingerprint density at radius 3 is 2.08 bits per heavy atom. The van der Waals surface area contributed by atoms with Gasteiger partial charge in [-0.25, -0.2) is 0 Å². The van der Waals surface area contributed by atoms with Crippen LogP contribution in [-0.2, 0) is 4.79 Å². The fourth-order valence-electron chi connectivity index (χ4n) is 2.90. The molecule has 0 atom stereocenters. The highest BCUT2D eigenvalue weighted by molar-refractivity contribution is 8.13. The standard InChI is InChI=1S/C23H44OS/c1-5-6-7-8-9-10-11-15-18-21-25-22(24)19-16-13-12-14-17-20-23(2,3)4/h15,18H,5-14,16-17,19-21H2,1-4H3/b18-15-. The molecule has 0 aliphatic rings. The first-order valence-electron chi connectivity index (χ1n) is 10.8. The van der Waals surface area contributed by atoms with Crippen LogP contribution in [0.4, 0.5) is 0 Å². The van der Waals surface area contributed by atoms with Gasteiger partial charge in [0.15, 0.2) is 5.12 Å². The van der Waals surface area contributed by atoms with Gasteiger partial charge in [-0.15, -0.1) is 0 Å². The van der Waals surface area contributed by atoms with Crippen molar-refractivity contribution in [3.63, 3.8) is 0 Å². The van der Waals surface area contributed by atoms with E-state index in [-0.39, 0.29) is 0 Å². The van der Waals surface area contributed by atoms with Crippen LogP contribution in [0.15, 0.2) is 12.2 Å². The molecule has 0 aromatic carbocycles. The Hall–Kier alpha value is -0.240. The summed E-state index contributed by atoms with van der Waals surface area (Å²) in [6.45, 7) is 9.19. The third-order valence-electron chi connectivity index (χ3n) is 4.54. The molecule has 0 saturated carbocycles. The topological polar surface area (TPSA) is 17.1 Å². The van der Waals surface area contributed by atoms with Crippen molar-refractivity contribution in [3.8, 4) is 0 Å². The third-order valence-corrected chi connectivity index (χ3v) is 5.42. The predicted molar refractivity (Wildman–Crippen MR) is 116 cm³/mol. The first-order valence-corrected chi connectivity index (χ1v) is 11.7. The summed E-state index contributed by atoms with van der Waals surface area (Å²) in [4.78, 5) is 11.8. The van der Waals surface area contributed by atoms with Gasteiger partial charge >= 0.3 is 0 Å². The molecule has 0 aromatic heterocycles. The van der Waals surface area contributed by atoms with Crippen molar-refractivity contribution in [1.29, 1.82) is 0 Å². The maximum Gasteiger partial charge on any atom is 0.189 e. The average molecular weight is 369 g/mol. The Kier molecular flexibility index (Phi) is 17.0. The summed E-state index contributed by atoms with van der Waals surface area (Å²) < 4.78 is 0. The van der Waals surface area contributed by atoms with E-state index in [0.717, 1.165) is 18.6 Å². The van der Waals surface area contributed by atoms with E-state index < -0.39 is 0 Å². The number of hydrogen-bond donors (Lipinski definition) is 0. The van der Waals surface area contributed by atoms with E-state index in [0.29, 0.717) is 10.5 Å². The van der Waals surface area contributed by atoms with Gasteiger partial charge in [-0.05, 0) is 31.1 Å². The van der Waals surface area contributed by atoms with Gasteiger partial charge in [0.2, 0.25) is 0 Å². The van der Waals surface area contributed by atoms with E-state index in [2.05, 4.69) is 39.8 Å². The summed E-state index contributed by atoms with van der Waals surface area (Å²) in [5, 5.41) is 0.374. The molecule has 0 rings (SSSR count). The molecule has 0 heterocycles. The fraction of sp³-hybridized carbons (Fsp3) is 0.870. The minimum Gasteiger partial charge on any atom is -0.287 e. The van der Waals surface area contributed by atoms with Gasteiger partial charge in [-0.2, -0.15) is 0 Å². The lowest BCUT2D eigenvalue weighted by atomic mass is 9.89. The second-order valence-corrected chi connectivity index (χ2v) is 9.62. The number of allylic oxidation sites excluding steroid dienone is 1. The van der Waals surface area contributed by atoms with Gasteiger partial charge in [-0.1, -0.05) is 109 Å². The molecule has 0 amide bonds. The minimum absolute atomic E-state index is 0.374. The van der Waals surface area contributed by atoms with Gasteiger partial charge in [-0.3, -0.25) is 4.79 Å². The van der Waals surface area contributed by atoms with Crippen molar-refractivity contribution < 1.29 is 4.79 Å². The Morgan fingerprint density at radius 2 is 1.40 bits per heavy atom. The molecule has 0 fully saturated rings. The smallest absolute Gasteiger partial charge is 0.189 e. The number of rotatable bonds is 16. The average Bonchev–Trinajstić information content (AvgIpc) is 2.54. The van der Waals surface area contributed by atoms with Gasteiger partial charge < -0.3 is 0 Å². The van der Waals surface area contributed by atoms with E-state index in [1.165, 1.54) is 88.8 Å². The first-order chi connectivity index (χ1) is 12.0. The van der Waals surface area contributed by atoms with Crippen LogP contribution in [0, 0.1) is 5.41 Å². The third kappa shape index (κ3) is 21.7. The van der Waals surface area contributed by atoms with Crippen LogP contribution in [0.5, 0.6) is 0 Å². The predicted octanol–water partition coefficient (Wildman–Crippen LogP) is 8.33. The van der Waals surface area contributed by atoms with Gasteiger partial charge in [0.05, 0.1) is 0 Å². The maximum absolute atomic E-state index is 11.8. The normalized spacial score (nSPS) is 12.2. The van der Waals surface area contributed by atoms with Gasteiger partial charge in [0.1, 0.15) is 0 Å². The summed E-state index contributed by atoms with van der Waals surface area (Å²) >= 11 is 1.50.